The van der Waals surface area contributed by atoms with E-state index in [1.54, 1.807) is 44.2 Å². The van der Waals surface area contributed by atoms with Gasteiger partial charge in [0.05, 0.1) is 42.9 Å². The van der Waals surface area contributed by atoms with Gasteiger partial charge in [-0.05, 0) is 31.5 Å². The molecule has 11 nitrogen and oxygen atoms in total. The standard InChI is InChI=1S/C28H32N8O3/c1-18(31-12-27(30-3)38-4)13-35-22-7-23(35)15-34(14-22)26-6-5-20(10-32-26)25-8-24(39-17-19(2)37)16-36-28(25)21(9-29)11-33-36/h5-6,8,10-12,16,19,22-23,37H,1,7,13-15,17H2,2-4H3/t19-,22?,23?/m1/s1. The lowest BCUT2D eigenvalue weighted by Gasteiger charge is -2.56. The van der Waals surface area contributed by atoms with Gasteiger partial charge in [-0.25, -0.2) is 9.50 Å². The Balaban J connectivity index is 1.29. The lowest BCUT2D eigenvalue weighted by Crippen LogP contribution is -2.69. The van der Waals surface area contributed by atoms with Crippen LogP contribution in [0.15, 0.2) is 59.1 Å². The van der Waals surface area contributed by atoms with Crippen LogP contribution in [0.25, 0.3) is 16.6 Å². The fourth-order valence-electron chi connectivity index (χ4n) is 5.16. The Bertz CT molecular complexity index is 1440. The fourth-order valence-corrected chi connectivity index (χ4v) is 5.16. The number of fused-ring (bicyclic) bond motifs is 3. The third-order valence-corrected chi connectivity index (χ3v) is 7.08. The Morgan fingerprint density at radius 2 is 2.13 bits per heavy atom. The van der Waals surface area contributed by atoms with Crippen molar-refractivity contribution in [3.63, 3.8) is 0 Å². The molecule has 0 spiro atoms. The van der Waals surface area contributed by atoms with E-state index in [2.05, 4.69) is 37.5 Å². The van der Waals surface area contributed by atoms with Gasteiger partial charge in [-0.15, -0.1) is 0 Å². The van der Waals surface area contributed by atoms with E-state index in [0.29, 0.717) is 41.4 Å². The maximum Gasteiger partial charge on any atom is 0.227 e. The molecule has 11 heteroatoms. The minimum absolute atomic E-state index is 0.156. The maximum absolute atomic E-state index is 9.63. The largest absolute Gasteiger partial charge is 0.489 e. The van der Waals surface area contributed by atoms with Gasteiger partial charge in [-0.1, -0.05) is 6.58 Å². The Morgan fingerprint density at radius 1 is 1.33 bits per heavy atom. The number of hydrogen-bond acceptors (Lipinski definition) is 10. The van der Waals surface area contributed by atoms with Crippen molar-refractivity contribution in [2.45, 2.75) is 31.5 Å². The smallest absolute Gasteiger partial charge is 0.227 e. The van der Waals surface area contributed by atoms with E-state index >= 15 is 0 Å². The van der Waals surface area contributed by atoms with Crippen LogP contribution < -0.4 is 9.64 Å². The zero-order chi connectivity index (χ0) is 27.5. The summed E-state index contributed by atoms with van der Waals surface area (Å²) in [5.74, 6) is 1.94. The SMILES string of the molecule is C=C(CN1C2CC1CN(c1ccc(-c3cc(OC[C@@H](C)O)cn4ncc(C#N)c34)cn1)C2)N=CC(=NC)OC. The van der Waals surface area contributed by atoms with Crippen molar-refractivity contribution in [1.82, 2.24) is 19.5 Å². The average molecular weight is 529 g/mol. The lowest BCUT2D eigenvalue weighted by molar-refractivity contribution is 0.00802. The van der Waals surface area contributed by atoms with E-state index in [4.69, 9.17) is 14.5 Å². The third-order valence-electron chi connectivity index (χ3n) is 7.08. The predicted molar refractivity (Wildman–Crippen MR) is 149 cm³/mol. The van der Waals surface area contributed by atoms with Gasteiger partial charge in [0.1, 0.15) is 24.2 Å². The van der Waals surface area contributed by atoms with E-state index in [1.807, 2.05) is 24.4 Å². The number of piperidine rings is 1. The number of pyridine rings is 2. The number of anilines is 1. The minimum Gasteiger partial charge on any atom is -0.489 e. The molecule has 6 rings (SSSR count). The zero-order valence-electron chi connectivity index (χ0n) is 22.4. The number of aromatic nitrogens is 3. The summed E-state index contributed by atoms with van der Waals surface area (Å²) in [6.07, 6.45) is 7.23. The number of aliphatic hydroxyl groups is 1. The Kier molecular flexibility index (Phi) is 7.58. The summed E-state index contributed by atoms with van der Waals surface area (Å²) in [7, 11) is 3.23. The molecule has 3 aliphatic rings. The van der Waals surface area contributed by atoms with E-state index in [-0.39, 0.29) is 6.61 Å². The molecule has 3 aliphatic heterocycles. The van der Waals surface area contributed by atoms with Gasteiger partial charge in [0.25, 0.3) is 0 Å². The van der Waals surface area contributed by atoms with Crippen molar-refractivity contribution in [3.8, 4) is 22.9 Å². The first kappa shape index (κ1) is 26.3. The van der Waals surface area contributed by atoms with E-state index in [1.165, 1.54) is 0 Å². The summed E-state index contributed by atoms with van der Waals surface area (Å²) in [4.78, 5) is 17.9. The van der Waals surface area contributed by atoms with E-state index in [9.17, 15) is 10.4 Å². The first-order valence-electron chi connectivity index (χ1n) is 12.8. The lowest BCUT2D eigenvalue weighted by atomic mass is 9.87. The number of aliphatic imine (C=N–C) groups is 2. The molecule has 0 amide bonds. The first-order valence-corrected chi connectivity index (χ1v) is 12.8. The van der Waals surface area contributed by atoms with Crippen LogP contribution in [0.1, 0.15) is 18.9 Å². The van der Waals surface area contributed by atoms with Crippen molar-refractivity contribution >= 4 is 23.4 Å². The molecule has 0 saturated carbocycles. The van der Waals surface area contributed by atoms with Crippen LogP contribution >= 0.6 is 0 Å². The molecule has 6 heterocycles. The molecule has 3 saturated heterocycles. The molecule has 3 fully saturated rings. The molecule has 0 radical (unpaired) electrons. The van der Waals surface area contributed by atoms with Gasteiger partial charge in [0.2, 0.25) is 5.90 Å². The van der Waals surface area contributed by atoms with Crippen molar-refractivity contribution in [3.05, 3.63) is 54.6 Å². The van der Waals surface area contributed by atoms with Crippen LogP contribution in [-0.4, -0.2) is 95.3 Å². The third kappa shape index (κ3) is 5.48. The summed E-state index contributed by atoms with van der Waals surface area (Å²) >= 11 is 0. The molecule has 1 N–H and O–H groups in total. The van der Waals surface area contributed by atoms with Crippen molar-refractivity contribution < 1.29 is 14.6 Å². The summed E-state index contributed by atoms with van der Waals surface area (Å²) in [5, 5.41) is 23.6. The number of methoxy groups -OCH3 is 1. The highest BCUT2D eigenvalue weighted by Crippen LogP contribution is 2.36. The highest BCUT2D eigenvalue weighted by Gasteiger charge is 2.44. The van der Waals surface area contributed by atoms with Gasteiger partial charge in [0, 0.05) is 61.8 Å². The Labute approximate surface area is 227 Å². The molecule has 0 aliphatic carbocycles. The second kappa shape index (κ2) is 11.2. The number of piperazine rings is 1. The molecule has 2 unspecified atom stereocenters. The molecule has 3 aromatic heterocycles. The summed E-state index contributed by atoms with van der Waals surface area (Å²) in [6.45, 7) is 8.39. The average Bonchev–Trinajstić information content (AvgIpc) is 3.38. The van der Waals surface area contributed by atoms with Crippen LogP contribution in [0.3, 0.4) is 0 Å². The van der Waals surface area contributed by atoms with Crippen LogP contribution in [-0.2, 0) is 4.74 Å². The summed E-state index contributed by atoms with van der Waals surface area (Å²) in [6, 6.07) is 8.96. The Hall–Kier alpha value is -4.27. The molecule has 3 atom stereocenters. The maximum atomic E-state index is 9.63. The molecule has 2 bridgehead atoms. The number of hydrogen-bond donors (Lipinski definition) is 1. The molecular formula is C28H32N8O3. The second-order valence-corrected chi connectivity index (χ2v) is 9.83. The van der Waals surface area contributed by atoms with Gasteiger partial charge in [0.15, 0.2) is 0 Å². The summed E-state index contributed by atoms with van der Waals surface area (Å²) in [5.41, 5.74) is 3.59. The fraction of sp³-hybridized carbons (Fsp3) is 0.393. The molecule has 0 aromatic carbocycles. The van der Waals surface area contributed by atoms with Crippen LogP contribution in [0.4, 0.5) is 5.82 Å². The van der Waals surface area contributed by atoms with Gasteiger partial charge < -0.3 is 19.5 Å². The highest BCUT2D eigenvalue weighted by molar-refractivity contribution is 6.26. The van der Waals surface area contributed by atoms with E-state index in [0.717, 1.165) is 42.2 Å². The number of aliphatic hydroxyl groups excluding tert-OH is 1. The minimum atomic E-state index is -0.603. The van der Waals surface area contributed by atoms with Gasteiger partial charge in [-0.3, -0.25) is 14.9 Å². The number of nitrogens with zero attached hydrogens (tertiary/aromatic N) is 8. The van der Waals surface area contributed by atoms with E-state index < -0.39 is 6.10 Å². The predicted octanol–water partition coefficient (Wildman–Crippen LogP) is 2.55. The molecule has 3 aromatic rings. The monoisotopic (exact) mass is 528 g/mol. The summed E-state index contributed by atoms with van der Waals surface area (Å²) < 4.78 is 12.5. The van der Waals surface area contributed by atoms with Gasteiger partial charge in [-0.2, -0.15) is 10.4 Å². The molecular weight excluding hydrogens is 496 g/mol. The van der Waals surface area contributed by atoms with Crippen LogP contribution in [0, 0.1) is 11.3 Å². The normalized spacial score (nSPS) is 20.1. The zero-order valence-corrected chi connectivity index (χ0v) is 22.4. The first-order chi connectivity index (χ1) is 18.9. The van der Waals surface area contributed by atoms with Crippen molar-refractivity contribution in [2.75, 3.05) is 45.3 Å². The van der Waals surface area contributed by atoms with Crippen LogP contribution in [0.5, 0.6) is 5.75 Å². The topological polar surface area (TPSA) is 124 Å². The van der Waals surface area contributed by atoms with Crippen molar-refractivity contribution in [2.24, 2.45) is 9.98 Å². The van der Waals surface area contributed by atoms with Gasteiger partial charge >= 0.3 is 0 Å². The highest BCUT2D eigenvalue weighted by atomic mass is 16.5. The second-order valence-electron chi connectivity index (χ2n) is 9.83. The number of rotatable bonds is 9. The van der Waals surface area contributed by atoms with Crippen molar-refractivity contribution in [1.29, 1.82) is 5.26 Å². The van der Waals surface area contributed by atoms with Crippen LogP contribution in [0.2, 0.25) is 0 Å². The molecule has 202 valence electrons. The quantitative estimate of drug-likeness (QED) is 0.332. The Morgan fingerprint density at radius 3 is 2.77 bits per heavy atom. The number of ether oxygens (including phenoxy) is 2. The number of nitriles is 1. The molecule has 39 heavy (non-hydrogen) atoms.